The van der Waals surface area contributed by atoms with E-state index in [0.717, 1.165) is 22.2 Å². The lowest BCUT2D eigenvalue weighted by Crippen LogP contribution is -2.02. The molecule has 1 heterocycles. The lowest BCUT2D eigenvalue weighted by Gasteiger charge is -2.07. The summed E-state index contributed by atoms with van der Waals surface area (Å²) in [7, 11) is 0. The molecule has 1 aromatic carbocycles. The maximum Gasteiger partial charge on any atom is 0.167 e. The van der Waals surface area contributed by atoms with Crippen LogP contribution >= 0.6 is 27.5 Å². The summed E-state index contributed by atoms with van der Waals surface area (Å²) in [5, 5.41) is 0. The molecule has 0 unspecified atom stereocenters. The minimum Gasteiger partial charge on any atom is -0.492 e. The van der Waals surface area contributed by atoms with Crippen molar-refractivity contribution < 1.29 is 9.53 Å². The normalized spacial score (nSPS) is 13.5. The quantitative estimate of drug-likeness (QED) is 0.631. The highest BCUT2D eigenvalue weighted by molar-refractivity contribution is 9.10. The Morgan fingerprint density at radius 2 is 2.33 bits per heavy atom. The molecular formula is C11H10BrClO2. The highest BCUT2D eigenvalue weighted by atomic mass is 79.9. The van der Waals surface area contributed by atoms with Crippen molar-refractivity contribution in [2.24, 2.45) is 0 Å². The van der Waals surface area contributed by atoms with E-state index in [1.807, 2.05) is 6.07 Å². The highest BCUT2D eigenvalue weighted by Crippen LogP contribution is 2.33. The first-order valence-corrected chi connectivity index (χ1v) is 6.09. The molecule has 0 aliphatic carbocycles. The van der Waals surface area contributed by atoms with E-state index in [9.17, 15) is 4.79 Å². The number of alkyl halides is 1. The number of ether oxygens (including phenoxy) is 1. The number of hydrogen-bond acceptors (Lipinski definition) is 2. The first kappa shape index (κ1) is 11.0. The van der Waals surface area contributed by atoms with Gasteiger partial charge < -0.3 is 4.74 Å². The Hall–Kier alpha value is -0.540. The Morgan fingerprint density at radius 3 is 3.07 bits per heavy atom. The number of rotatable bonds is 3. The van der Waals surface area contributed by atoms with Gasteiger partial charge in [0, 0.05) is 23.2 Å². The molecule has 0 saturated heterocycles. The Kier molecular flexibility index (Phi) is 3.32. The van der Waals surface area contributed by atoms with E-state index in [4.69, 9.17) is 16.3 Å². The maximum atomic E-state index is 11.8. The molecule has 0 fully saturated rings. The van der Waals surface area contributed by atoms with Gasteiger partial charge in [-0.2, -0.15) is 0 Å². The Bertz CT molecular complexity index is 404. The first-order valence-electron chi connectivity index (χ1n) is 4.76. The van der Waals surface area contributed by atoms with E-state index < -0.39 is 0 Å². The smallest absolute Gasteiger partial charge is 0.167 e. The van der Waals surface area contributed by atoms with Crippen molar-refractivity contribution in [2.75, 3.05) is 12.5 Å². The largest absolute Gasteiger partial charge is 0.492 e. The van der Waals surface area contributed by atoms with E-state index in [1.54, 1.807) is 6.07 Å². The number of Topliss-reactive ketones (excluding diaryl/α,β-unsaturated/α-hetero) is 1. The van der Waals surface area contributed by atoms with E-state index in [0.29, 0.717) is 24.5 Å². The Morgan fingerprint density at radius 1 is 1.53 bits per heavy atom. The van der Waals surface area contributed by atoms with Crippen LogP contribution in [0.2, 0.25) is 0 Å². The number of fused-ring (bicyclic) bond motifs is 1. The van der Waals surface area contributed by atoms with Gasteiger partial charge >= 0.3 is 0 Å². The van der Waals surface area contributed by atoms with Gasteiger partial charge in [0.1, 0.15) is 5.75 Å². The lowest BCUT2D eigenvalue weighted by atomic mass is 10.0. The van der Waals surface area contributed by atoms with Crippen molar-refractivity contribution in [1.29, 1.82) is 0 Å². The second kappa shape index (κ2) is 4.54. The van der Waals surface area contributed by atoms with Crippen molar-refractivity contribution in [3.63, 3.8) is 0 Å². The highest BCUT2D eigenvalue weighted by Gasteiger charge is 2.21. The fraction of sp³-hybridized carbons (Fsp3) is 0.364. The van der Waals surface area contributed by atoms with Crippen LogP contribution in [0.3, 0.4) is 0 Å². The number of carbonyl (C=O) groups excluding carboxylic acids is 1. The molecule has 0 radical (unpaired) electrons. The molecule has 2 nitrogen and oxygen atoms in total. The molecule has 0 N–H and O–H groups in total. The van der Waals surface area contributed by atoms with Gasteiger partial charge in [0.05, 0.1) is 12.2 Å². The predicted molar refractivity (Wildman–Crippen MR) is 63.0 cm³/mol. The van der Waals surface area contributed by atoms with Crippen LogP contribution in [0.15, 0.2) is 16.6 Å². The van der Waals surface area contributed by atoms with Crippen LogP contribution in [0.4, 0.5) is 0 Å². The molecular weight excluding hydrogens is 279 g/mol. The summed E-state index contributed by atoms with van der Waals surface area (Å²) >= 11 is 8.96. The van der Waals surface area contributed by atoms with Crippen LogP contribution in [-0.2, 0) is 6.42 Å². The number of carbonyl (C=O) groups is 1. The van der Waals surface area contributed by atoms with Crippen molar-refractivity contribution in [2.45, 2.75) is 12.8 Å². The Balaban J connectivity index is 2.42. The van der Waals surface area contributed by atoms with Crippen LogP contribution in [0.1, 0.15) is 22.3 Å². The van der Waals surface area contributed by atoms with Crippen molar-refractivity contribution >= 4 is 33.3 Å². The molecule has 2 rings (SSSR count). The third-order valence-electron chi connectivity index (χ3n) is 2.37. The molecule has 0 aromatic heterocycles. The minimum absolute atomic E-state index is 0.0458. The second-order valence-electron chi connectivity index (χ2n) is 3.40. The van der Waals surface area contributed by atoms with Gasteiger partial charge in [0.25, 0.3) is 0 Å². The van der Waals surface area contributed by atoms with Gasteiger partial charge in [-0.15, -0.1) is 11.6 Å². The molecule has 80 valence electrons. The molecule has 4 heteroatoms. The van der Waals surface area contributed by atoms with Crippen molar-refractivity contribution in [3.05, 3.63) is 27.7 Å². The number of hydrogen-bond donors (Lipinski definition) is 0. The molecule has 0 bridgehead atoms. The number of halogens is 2. The molecule has 0 spiro atoms. The topological polar surface area (TPSA) is 26.3 Å². The molecule has 0 atom stereocenters. The average molecular weight is 290 g/mol. The van der Waals surface area contributed by atoms with Crippen LogP contribution in [-0.4, -0.2) is 18.3 Å². The third kappa shape index (κ3) is 2.18. The van der Waals surface area contributed by atoms with Crippen LogP contribution in [0.5, 0.6) is 5.75 Å². The van der Waals surface area contributed by atoms with Gasteiger partial charge in [0.2, 0.25) is 0 Å². The summed E-state index contributed by atoms with van der Waals surface area (Å²) in [5.74, 6) is 1.14. The number of benzene rings is 1. The molecule has 1 aromatic rings. The van der Waals surface area contributed by atoms with Crippen molar-refractivity contribution in [3.8, 4) is 5.75 Å². The number of ketones is 1. The van der Waals surface area contributed by atoms with E-state index in [1.165, 1.54) is 0 Å². The standard InChI is InChI=1S/C11H10BrClO2/c12-8-5-7-2-4-15-11(7)9(6-8)10(14)1-3-13/h5-6H,1-4H2. The molecule has 0 amide bonds. The maximum absolute atomic E-state index is 11.8. The molecule has 1 aliphatic rings. The van der Waals surface area contributed by atoms with Gasteiger partial charge in [-0.1, -0.05) is 15.9 Å². The van der Waals surface area contributed by atoms with Gasteiger partial charge in [-0.05, 0) is 17.7 Å². The van der Waals surface area contributed by atoms with E-state index in [2.05, 4.69) is 15.9 Å². The summed E-state index contributed by atoms with van der Waals surface area (Å²) < 4.78 is 6.39. The monoisotopic (exact) mass is 288 g/mol. The van der Waals surface area contributed by atoms with Crippen molar-refractivity contribution in [1.82, 2.24) is 0 Å². The van der Waals surface area contributed by atoms with Crippen LogP contribution in [0.25, 0.3) is 0 Å². The average Bonchev–Trinajstić information content (AvgIpc) is 2.64. The van der Waals surface area contributed by atoms with Gasteiger partial charge in [0.15, 0.2) is 5.78 Å². The van der Waals surface area contributed by atoms with Crippen LogP contribution < -0.4 is 4.74 Å². The first-order chi connectivity index (χ1) is 7.22. The minimum atomic E-state index is 0.0458. The molecule has 0 saturated carbocycles. The van der Waals surface area contributed by atoms with E-state index >= 15 is 0 Å². The summed E-state index contributed by atoms with van der Waals surface area (Å²) in [4.78, 5) is 11.8. The second-order valence-corrected chi connectivity index (χ2v) is 4.70. The zero-order valence-electron chi connectivity index (χ0n) is 8.06. The van der Waals surface area contributed by atoms with Gasteiger partial charge in [-0.25, -0.2) is 0 Å². The van der Waals surface area contributed by atoms with Crippen LogP contribution in [0, 0.1) is 0 Å². The molecule has 15 heavy (non-hydrogen) atoms. The summed E-state index contributed by atoms with van der Waals surface area (Å²) in [6.07, 6.45) is 1.23. The SMILES string of the molecule is O=C(CCCl)c1cc(Br)cc2c1OCC2. The van der Waals surface area contributed by atoms with Gasteiger partial charge in [-0.3, -0.25) is 4.79 Å². The predicted octanol–water partition coefficient (Wildman–Crippen LogP) is 3.20. The lowest BCUT2D eigenvalue weighted by molar-refractivity contribution is 0.0986. The Labute approximate surface area is 102 Å². The fourth-order valence-corrected chi connectivity index (χ4v) is 2.37. The molecule has 1 aliphatic heterocycles. The summed E-state index contributed by atoms with van der Waals surface area (Å²) in [5.41, 5.74) is 1.75. The third-order valence-corrected chi connectivity index (χ3v) is 3.02. The fourth-order valence-electron chi connectivity index (χ4n) is 1.70. The summed E-state index contributed by atoms with van der Waals surface area (Å²) in [6, 6.07) is 3.80. The van der Waals surface area contributed by atoms with E-state index in [-0.39, 0.29) is 5.78 Å². The zero-order valence-corrected chi connectivity index (χ0v) is 10.4. The summed E-state index contributed by atoms with van der Waals surface area (Å²) in [6.45, 7) is 0.660. The zero-order chi connectivity index (χ0) is 10.8.